The van der Waals surface area contributed by atoms with Crippen molar-refractivity contribution in [2.75, 3.05) is 11.1 Å². The number of carbonyl (C=O) groups excluding carboxylic acids is 1. The summed E-state index contributed by atoms with van der Waals surface area (Å²) in [5, 5.41) is 16.7. The van der Waals surface area contributed by atoms with Gasteiger partial charge in [0.05, 0.1) is 5.75 Å². The van der Waals surface area contributed by atoms with Gasteiger partial charge in [0.2, 0.25) is 5.91 Å². The Hall–Kier alpha value is -1.71. The molecule has 0 saturated heterocycles. The first-order valence-corrected chi connectivity index (χ1v) is 10.2. The number of aromatic nitrogens is 4. The number of nitrogens with one attached hydrogen (secondary N) is 1. The van der Waals surface area contributed by atoms with Gasteiger partial charge in [0.15, 0.2) is 16.1 Å². The second-order valence-corrected chi connectivity index (χ2v) is 8.03. The van der Waals surface area contributed by atoms with Gasteiger partial charge < -0.3 is 9.88 Å². The van der Waals surface area contributed by atoms with E-state index in [-0.39, 0.29) is 11.7 Å². The molecule has 3 heterocycles. The van der Waals surface area contributed by atoms with E-state index < -0.39 is 0 Å². The highest BCUT2D eigenvalue weighted by Gasteiger charge is 2.16. The molecule has 3 aromatic rings. The zero-order valence-electron chi connectivity index (χ0n) is 13.4. The summed E-state index contributed by atoms with van der Waals surface area (Å²) < 4.78 is 2.09. The maximum absolute atomic E-state index is 12.0. The highest BCUT2D eigenvalue weighted by molar-refractivity contribution is 7.99. The molecule has 3 aromatic heterocycles. The van der Waals surface area contributed by atoms with Crippen molar-refractivity contribution < 1.29 is 4.79 Å². The van der Waals surface area contributed by atoms with Crippen LogP contribution in [-0.2, 0) is 11.3 Å². The molecule has 0 bridgehead atoms. The number of anilines is 1. The fourth-order valence-electron chi connectivity index (χ4n) is 2.17. The summed E-state index contributed by atoms with van der Waals surface area (Å²) in [5.74, 6) is 1.06. The summed E-state index contributed by atoms with van der Waals surface area (Å²) >= 11 is 4.50. The third-order valence-electron chi connectivity index (χ3n) is 3.16. The first kappa shape index (κ1) is 17.1. The number of aryl methyl sites for hydroxylation is 1. The van der Waals surface area contributed by atoms with E-state index >= 15 is 0 Å². The van der Waals surface area contributed by atoms with Gasteiger partial charge in [-0.3, -0.25) is 4.79 Å². The van der Waals surface area contributed by atoms with Crippen LogP contribution in [0, 0.1) is 6.92 Å². The molecule has 0 fully saturated rings. The molecule has 1 amide bonds. The van der Waals surface area contributed by atoms with Gasteiger partial charge >= 0.3 is 0 Å². The van der Waals surface area contributed by atoms with E-state index in [0.717, 1.165) is 29.5 Å². The van der Waals surface area contributed by atoms with Gasteiger partial charge in [-0.05, 0) is 19.4 Å². The molecule has 0 aliphatic rings. The average molecular weight is 380 g/mol. The smallest absolute Gasteiger partial charge is 0.236 e. The molecule has 0 aliphatic heterocycles. The van der Waals surface area contributed by atoms with Crippen LogP contribution in [0.3, 0.4) is 0 Å². The lowest BCUT2D eigenvalue weighted by Crippen LogP contribution is -2.14. The Bertz CT molecular complexity index is 809. The zero-order valence-corrected chi connectivity index (χ0v) is 15.8. The predicted octanol–water partition coefficient (Wildman–Crippen LogP) is 3.91. The Morgan fingerprint density at radius 3 is 2.92 bits per heavy atom. The Morgan fingerprint density at radius 2 is 2.25 bits per heavy atom. The number of rotatable bonds is 7. The van der Waals surface area contributed by atoms with Crippen LogP contribution in [-0.4, -0.2) is 31.4 Å². The van der Waals surface area contributed by atoms with Crippen LogP contribution in [0.4, 0.5) is 5.13 Å². The van der Waals surface area contributed by atoms with Gasteiger partial charge in [0.1, 0.15) is 0 Å². The number of carbonyl (C=O) groups is 1. The molecule has 24 heavy (non-hydrogen) atoms. The third kappa shape index (κ3) is 4.03. The second-order valence-electron chi connectivity index (χ2n) is 5.08. The van der Waals surface area contributed by atoms with Gasteiger partial charge in [0.25, 0.3) is 0 Å². The molecular formula is C15H17N5OS3. The van der Waals surface area contributed by atoms with Crippen LogP contribution in [0.2, 0.25) is 0 Å². The molecule has 0 aromatic carbocycles. The van der Waals surface area contributed by atoms with Crippen molar-refractivity contribution in [1.82, 2.24) is 19.7 Å². The van der Waals surface area contributed by atoms with Crippen molar-refractivity contribution in [2.24, 2.45) is 0 Å². The Kier molecular flexibility index (Phi) is 5.64. The van der Waals surface area contributed by atoms with E-state index in [9.17, 15) is 4.79 Å². The zero-order chi connectivity index (χ0) is 16.9. The summed E-state index contributed by atoms with van der Waals surface area (Å²) in [4.78, 5) is 17.3. The molecule has 6 nitrogen and oxygen atoms in total. The van der Waals surface area contributed by atoms with E-state index in [1.807, 2.05) is 5.38 Å². The number of hydrogen-bond acceptors (Lipinski definition) is 7. The SMILES string of the molecule is CCCn1c(SCC(=O)Nc2nccs2)nnc1-c1csc(C)c1. The van der Waals surface area contributed by atoms with Crippen LogP contribution in [0.15, 0.2) is 28.2 Å². The molecule has 1 N–H and O–H groups in total. The topological polar surface area (TPSA) is 72.7 Å². The Balaban J connectivity index is 1.71. The van der Waals surface area contributed by atoms with Crippen LogP contribution in [0.25, 0.3) is 11.4 Å². The fourth-order valence-corrected chi connectivity index (χ4v) is 4.16. The lowest BCUT2D eigenvalue weighted by atomic mass is 10.3. The Labute approximate surface area is 152 Å². The van der Waals surface area contributed by atoms with Gasteiger partial charge in [-0.15, -0.1) is 32.9 Å². The van der Waals surface area contributed by atoms with Crippen molar-refractivity contribution in [1.29, 1.82) is 0 Å². The van der Waals surface area contributed by atoms with E-state index in [0.29, 0.717) is 5.13 Å². The monoisotopic (exact) mass is 379 g/mol. The lowest BCUT2D eigenvalue weighted by molar-refractivity contribution is -0.113. The first-order chi connectivity index (χ1) is 11.7. The largest absolute Gasteiger partial charge is 0.302 e. The molecule has 0 aliphatic carbocycles. The lowest BCUT2D eigenvalue weighted by Gasteiger charge is -2.07. The van der Waals surface area contributed by atoms with E-state index in [1.54, 1.807) is 17.5 Å². The summed E-state index contributed by atoms with van der Waals surface area (Å²) in [6.07, 6.45) is 2.65. The predicted molar refractivity (Wildman–Crippen MR) is 99.8 cm³/mol. The van der Waals surface area contributed by atoms with Crippen molar-refractivity contribution in [3.05, 3.63) is 27.9 Å². The van der Waals surface area contributed by atoms with Crippen molar-refractivity contribution in [2.45, 2.75) is 32.0 Å². The summed E-state index contributed by atoms with van der Waals surface area (Å²) in [6, 6.07) is 2.12. The number of thiophene rings is 1. The molecule has 3 rings (SSSR count). The number of nitrogens with zero attached hydrogens (tertiary/aromatic N) is 4. The molecule has 126 valence electrons. The van der Waals surface area contributed by atoms with Gasteiger partial charge in [-0.2, -0.15) is 0 Å². The molecule has 0 saturated carbocycles. The normalized spacial score (nSPS) is 10.9. The highest BCUT2D eigenvalue weighted by atomic mass is 32.2. The van der Waals surface area contributed by atoms with Crippen LogP contribution in [0.5, 0.6) is 0 Å². The van der Waals surface area contributed by atoms with E-state index in [2.05, 4.69) is 50.4 Å². The maximum Gasteiger partial charge on any atom is 0.236 e. The first-order valence-electron chi connectivity index (χ1n) is 7.48. The van der Waals surface area contributed by atoms with Crippen molar-refractivity contribution in [3.8, 4) is 11.4 Å². The second kappa shape index (κ2) is 7.91. The van der Waals surface area contributed by atoms with E-state index in [1.165, 1.54) is 28.0 Å². The minimum absolute atomic E-state index is 0.0890. The van der Waals surface area contributed by atoms with Crippen molar-refractivity contribution >= 4 is 45.5 Å². The quantitative estimate of drug-likeness (QED) is 0.630. The molecule has 0 atom stereocenters. The summed E-state index contributed by atoms with van der Waals surface area (Å²) in [7, 11) is 0. The highest BCUT2D eigenvalue weighted by Crippen LogP contribution is 2.27. The molecule has 0 unspecified atom stereocenters. The van der Waals surface area contributed by atoms with Gasteiger partial charge in [-0.1, -0.05) is 18.7 Å². The van der Waals surface area contributed by atoms with Gasteiger partial charge in [0, 0.05) is 33.9 Å². The standard InChI is InChI=1S/C15H17N5OS3/c1-3-5-20-13(11-7-10(2)23-8-11)18-19-15(20)24-9-12(21)17-14-16-4-6-22-14/h4,6-8H,3,5,9H2,1-2H3,(H,16,17,21). The van der Waals surface area contributed by atoms with Gasteiger partial charge in [-0.25, -0.2) is 4.98 Å². The number of thioether (sulfide) groups is 1. The summed E-state index contributed by atoms with van der Waals surface area (Å²) in [5.41, 5.74) is 1.08. The maximum atomic E-state index is 12.0. The minimum Gasteiger partial charge on any atom is -0.302 e. The van der Waals surface area contributed by atoms with Crippen molar-refractivity contribution in [3.63, 3.8) is 0 Å². The Morgan fingerprint density at radius 1 is 1.38 bits per heavy atom. The minimum atomic E-state index is -0.0890. The molecule has 0 radical (unpaired) electrons. The molecule has 9 heteroatoms. The van der Waals surface area contributed by atoms with Crippen LogP contribution in [0.1, 0.15) is 18.2 Å². The fraction of sp³-hybridized carbons (Fsp3) is 0.333. The summed E-state index contributed by atoms with van der Waals surface area (Å²) in [6.45, 7) is 5.02. The number of amides is 1. The van der Waals surface area contributed by atoms with Crippen LogP contribution >= 0.6 is 34.4 Å². The number of hydrogen-bond donors (Lipinski definition) is 1. The molecular weight excluding hydrogens is 362 g/mol. The van der Waals surface area contributed by atoms with E-state index in [4.69, 9.17) is 0 Å². The third-order valence-corrected chi connectivity index (χ3v) is 5.68. The average Bonchev–Trinajstić information content (AvgIpc) is 3.28. The van der Waals surface area contributed by atoms with Crippen LogP contribution < -0.4 is 5.32 Å². The molecule has 0 spiro atoms. The number of thiazole rings is 1.